The van der Waals surface area contributed by atoms with E-state index in [-0.39, 0.29) is 11.8 Å². The van der Waals surface area contributed by atoms with Crippen molar-refractivity contribution in [2.75, 3.05) is 13.6 Å². The predicted molar refractivity (Wildman–Crippen MR) is 98.1 cm³/mol. The summed E-state index contributed by atoms with van der Waals surface area (Å²) < 4.78 is 0. The smallest absolute Gasteiger partial charge is 0.253 e. The van der Waals surface area contributed by atoms with Crippen LogP contribution in [0.1, 0.15) is 55.5 Å². The lowest BCUT2D eigenvalue weighted by molar-refractivity contribution is -0.116. The minimum atomic E-state index is -0.737. The molecule has 0 unspecified atom stereocenters. The molecular formula is C20H28N2O3. The second-order valence-corrected chi connectivity index (χ2v) is 7.23. The van der Waals surface area contributed by atoms with Crippen LogP contribution in [0.4, 0.5) is 0 Å². The fraction of sp³-hybridized carbons (Fsp3) is 0.500. The minimum absolute atomic E-state index is 0.0968. The number of carbonyl (C=O) groups is 2. The number of rotatable bonds is 6. The number of benzene rings is 1. The summed E-state index contributed by atoms with van der Waals surface area (Å²) in [5.41, 5.74) is 1.73. The number of hydrogen-bond donors (Lipinski definition) is 2. The Morgan fingerprint density at radius 1 is 1.20 bits per heavy atom. The number of hydrogen-bond acceptors (Lipinski definition) is 3. The summed E-state index contributed by atoms with van der Waals surface area (Å²) in [6.07, 6.45) is 5.11. The molecule has 25 heavy (non-hydrogen) atoms. The molecule has 1 fully saturated rings. The van der Waals surface area contributed by atoms with E-state index in [0.29, 0.717) is 18.7 Å². The van der Waals surface area contributed by atoms with Crippen molar-refractivity contribution >= 4 is 11.8 Å². The average Bonchev–Trinajstić information content (AvgIpc) is 2.98. The third-order valence-electron chi connectivity index (χ3n) is 4.50. The molecule has 0 aliphatic heterocycles. The molecule has 136 valence electrons. The molecule has 1 aromatic carbocycles. The number of carbonyl (C=O) groups excluding carboxylic acids is 2. The molecule has 0 radical (unpaired) electrons. The van der Waals surface area contributed by atoms with Crippen LogP contribution in [0.5, 0.6) is 0 Å². The number of allylic oxidation sites excluding steroid dienone is 1. The van der Waals surface area contributed by atoms with Gasteiger partial charge in [0.1, 0.15) is 0 Å². The minimum Gasteiger partial charge on any atom is -0.388 e. The summed E-state index contributed by atoms with van der Waals surface area (Å²) in [6, 6.07) is 7.21. The Balaban J connectivity index is 1.91. The molecule has 1 aliphatic carbocycles. The van der Waals surface area contributed by atoms with Gasteiger partial charge in [0.25, 0.3) is 5.91 Å². The maximum atomic E-state index is 12.5. The number of aliphatic hydroxyl groups is 1. The Labute approximate surface area is 149 Å². The highest BCUT2D eigenvalue weighted by molar-refractivity contribution is 5.94. The molecule has 0 aromatic heterocycles. The molecule has 1 aromatic rings. The van der Waals surface area contributed by atoms with Gasteiger partial charge < -0.3 is 15.3 Å². The molecule has 2 rings (SSSR count). The fourth-order valence-corrected chi connectivity index (χ4v) is 3.19. The van der Waals surface area contributed by atoms with Gasteiger partial charge in [-0.05, 0) is 44.4 Å². The maximum absolute atomic E-state index is 12.5. The van der Waals surface area contributed by atoms with Crippen LogP contribution in [0.25, 0.3) is 0 Å². The zero-order valence-electron chi connectivity index (χ0n) is 15.3. The quantitative estimate of drug-likeness (QED) is 0.780. The molecule has 1 saturated carbocycles. The van der Waals surface area contributed by atoms with Crippen LogP contribution in [-0.4, -0.2) is 41.0 Å². The zero-order valence-corrected chi connectivity index (χ0v) is 15.3. The second-order valence-electron chi connectivity index (χ2n) is 7.23. The van der Waals surface area contributed by atoms with Crippen molar-refractivity contribution in [3.05, 3.63) is 47.0 Å². The van der Waals surface area contributed by atoms with Crippen LogP contribution in [0.15, 0.2) is 35.9 Å². The second kappa shape index (κ2) is 8.30. The molecule has 0 saturated heterocycles. The van der Waals surface area contributed by atoms with Crippen molar-refractivity contribution in [3.8, 4) is 0 Å². The predicted octanol–water partition coefficient (Wildman–Crippen LogP) is 2.65. The van der Waals surface area contributed by atoms with Gasteiger partial charge >= 0.3 is 0 Å². The summed E-state index contributed by atoms with van der Waals surface area (Å²) in [5.74, 6) is -0.217. The monoisotopic (exact) mass is 344 g/mol. The third kappa shape index (κ3) is 5.71. The van der Waals surface area contributed by atoms with Crippen LogP contribution < -0.4 is 5.32 Å². The van der Waals surface area contributed by atoms with Gasteiger partial charge in [0.2, 0.25) is 5.91 Å². The van der Waals surface area contributed by atoms with Crippen molar-refractivity contribution in [1.29, 1.82) is 0 Å². The highest BCUT2D eigenvalue weighted by atomic mass is 16.3. The SMILES string of the molecule is CC(C)=CC(=O)NCc1ccc(C(=O)N(C)CC2(O)CCCC2)cc1. The van der Waals surface area contributed by atoms with Gasteiger partial charge in [0.15, 0.2) is 0 Å². The molecule has 2 N–H and O–H groups in total. The van der Waals surface area contributed by atoms with E-state index in [0.717, 1.165) is 36.8 Å². The lowest BCUT2D eigenvalue weighted by Crippen LogP contribution is -2.42. The van der Waals surface area contributed by atoms with Crippen LogP contribution in [-0.2, 0) is 11.3 Å². The van der Waals surface area contributed by atoms with Gasteiger partial charge in [0, 0.05) is 31.8 Å². The molecular weight excluding hydrogens is 316 g/mol. The first-order valence-electron chi connectivity index (χ1n) is 8.79. The Hall–Kier alpha value is -2.14. The van der Waals surface area contributed by atoms with Gasteiger partial charge in [-0.25, -0.2) is 0 Å². The lowest BCUT2D eigenvalue weighted by atomic mass is 10.0. The van der Waals surface area contributed by atoms with Gasteiger partial charge in [0.05, 0.1) is 5.60 Å². The van der Waals surface area contributed by atoms with E-state index >= 15 is 0 Å². The topological polar surface area (TPSA) is 69.6 Å². The van der Waals surface area contributed by atoms with Crippen LogP contribution >= 0.6 is 0 Å². The highest BCUT2D eigenvalue weighted by Gasteiger charge is 2.33. The maximum Gasteiger partial charge on any atom is 0.253 e. The largest absolute Gasteiger partial charge is 0.388 e. The Morgan fingerprint density at radius 2 is 1.80 bits per heavy atom. The van der Waals surface area contributed by atoms with Crippen molar-refractivity contribution < 1.29 is 14.7 Å². The van der Waals surface area contributed by atoms with Gasteiger partial charge in [-0.2, -0.15) is 0 Å². The van der Waals surface area contributed by atoms with E-state index in [1.807, 2.05) is 26.0 Å². The average molecular weight is 344 g/mol. The van der Waals surface area contributed by atoms with Gasteiger partial charge in [-0.3, -0.25) is 9.59 Å². The summed E-state index contributed by atoms with van der Waals surface area (Å²) >= 11 is 0. The Morgan fingerprint density at radius 3 is 2.36 bits per heavy atom. The third-order valence-corrected chi connectivity index (χ3v) is 4.50. The zero-order chi connectivity index (χ0) is 18.4. The first kappa shape index (κ1) is 19.2. The fourth-order valence-electron chi connectivity index (χ4n) is 3.19. The Bertz CT molecular complexity index is 639. The summed E-state index contributed by atoms with van der Waals surface area (Å²) in [5, 5.41) is 13.3. The van der Waals surface area contributed by atoms with E-state index < -0.39 is 5.60 Å². The van der Waals surface area contributed by atoms with Crippen molar-refractivity contribution in [2.45, 2.75) is 51.7 Å². The molecule has 5 nitrogen and oxygen atoms in total. The molecule has 0 spiro atoms. The summed E-state index contributed by atoms with van der Waals surface area (Å²) in [4.78, 5) is 25.7. The first-order chi connectivity index (χ1) is 11.8. The molecule has 0 heterocycles. The number of amides is 2. The molecule has 1 aliphatic rings. The van der Waals surface area contributed by atoms with E-state index in [1.165, 1.54) is 0 Å². The van der Waals surface area contributed by atoms with E-state index in [4.69, 9.17) is 0 Å². The standard InChI is InChI=1S/C20H28N2O3/c1-15(2)12-18(23)21-13-16-6-8-17(9-7-16)19(24)22(3)14-20(25)10-4-5-11-20/h6-9,12,25H,4-5,10-11,13-14H2,1-3H3,(H,21,23). The molecule has 0 bridgehead atoms. The molecule has 5 heteroatoms. The molecule has 2 amide bonds. The summed E-state index contributed by atoms with van der Waals surface area (Å²) in [6.45, 7) is 4.54. The first-order valence-corrected chi connectivity index (χ1v) is 8.79. The number of nitrogens with zero attached hydrogens (tertiary/aromatic N) is 1. The van der Waals surface area contributed by atoms with E-state index in [9.17, 15) is 14.7 Å². The van der Waals surface area contributed by atoms with Crippen molar-refractivity contribution in [2.24, 2.45) is 0 Å². The normalized spacial score (nSPS) is 15.5. The van der Waals surface area contributed by atoms with Crippen LogP contribution in [0.2, 0.25) is 0 Å². The van der Waals surface area contributed by atoms with E-state index in [1.54, 1.807) is 30.2 Å². The number of likely N-dealkylation sites (N-methyl/N-ethyl adjacent to an activating group) is 1. The van der Waals surface area contributed by atoms with Crippen molar-refractivity contribution in [3.63, 3.8) is 0 Å². The lowest BCUT2D eigenvalue weighted by Gasteiger charge is -2.28. The Kier molecular flexibility index (Phi) is 6.37. The van der Waals surface area contributed by atoms with Crippen LogP contribution in [0, 0.1) is 0 Å². The van der Waals surface area contributed by atoms with Crippen LogP contribution in [0.3, 0.4) is 0 Å². The highest BCUT2D eigenvalue weighted by Crippen LogP contribution is 2.30. The van der Waals surface area contributed by atoms with Crippen molar-refractivity contribution in [1.82, 2.24) is 10.2 Å². The van der Waals surface area contributed by atoms with Gasteiger partial charge in [-0.1, -0.05) is 30.5 Å². The number of nitrogens with one attached hydrogen (secondary N) is 1. The van der Waals surface area contributed by atoms with Gasteiger partial charge in [-0.15, -0.1) is 0 Å². The summed E-state index contributed by atoms with van der Waals surface area (Å²) in [7, 11) is 1.73. The van der Waals surface area contributed by atoms with E-state index in [2.05, 4.69) is 5.32 Å². The molecule has 0 atom stereocenters.